The molecule has 25 heavy (non-hydrogen) atoms. The number of nitrogens with zero attached hydrogens (tertiary/aromatic N) is 3. The third kappa shape index (κ3) is 3.39. The highest BCUT2D eigenvalue weighted by Crippen LogP contribution is 2.29. The lowest BCUT2D eigenvalue weighted by molar-refractivity contribution is 0.216. The zero-order valence-electron chi connectivity index (χ0n) is 14.5. The van der Waals surface area contributed by atoms with Crippen LogP contribution in [0.3, 0.4) is 0 Å². The van der Waals surface area contributed by atoms with Crippen molar-refractivity contribution in [2.24, 2.45) is 5.92 Å². The summed E-state index contributed by atoms with van der Waals surface area (Å²) < 4.78 is 6.79. The molecule has 1 aromatic carbocycles. The van der Waals surface area contributed by atoms with Gasteiger partial charge in [0.25, 0.3) is 0 Å². The number of aromatic nitrogens is 2. The topological polar surface area (TPSA) is 59.4 Å². The van der Waals surface area contributed by atoms with Gasteiger partial charge in [0, 0.05) is 29.9 Å². The molecule has 132 valence electrons. The van der Waals surface area contributed by atoms with Crippen LogP contribution in [-0.2, 0) is 0 Å². The molecule has 3 fully saturated rings. The van der Waals surface area contributed by atoms with Crippen LogP contribution in [0.5, 0.6) is 5.75 Å². The fraction of sp³-hybridized carbons (Fsp3) is 0.474. The monoisotopic (exact) mass is 340 g/mol. The second kappa shape index (κ2) is 6.88. The number of carbonyl (C=O) groups excluding carboxylic acids is 1. The van der Waals surface area contributed by atoms with Gasteiger partial charge in [0.2, 0.25) is 0 Å². The molecule has 1 atom stereocenters. The Morgan fingerprint density at radius 1 is 1.28 bits per heavy atom. The number of fused-ring (bicyclic) bond motifs is 4. The van der Waals surface area contributed by atoms with E-state index in [1.165, 1.54) is 17.5 Å². The number of benzene rings is 1. The lowest BCUT2D eigenvalue weighted by atomic mass is 9.94. The first kappa shape index (κ1) is 16.1. The fourth-order valence-corrected chi connectivity index (χ4v) is 3.99. The molecule has 1 N–H and O–H groups in total. The van der Waals surface area contributed by atoms with Gasteiger partial charge in [-0.2, -0.15) is 9.78 Å². The van der Waals surface area contributed by atoms with Gasteiger partial charge in [-0.15, -0.1) is 0 Å². The Kier molecular flexibility index (Phi) is 4.44. The molecule has 5 rings (SSSR count). The number of para-hydroxylation sites is 1. The van der Waals surface area contributed by atoms with E-state index in [1.54, 1.807) is 19.5 Å². The highest BCUT2D eigenvalue weighted by atomic mass is 16.5. The fourth-order valence-electron chi connectivity index (χ4n) is 3.99. The molecule has 6 heteroatoms. The van der Waals surface area contributed by atoms with E-state index in [9.17, 15) is 4.79 Å². The minimum atomic E-state index is -0.159. The van der Waals surface area contributed by atoms with E-state index in [-0.39, 0.29) is 12.1 Å². The maximum atomic E-state index is 12.6. The number of amides is 1. The van der Waals surface area contributed by atoms with Crippen molar-refractivity contribution in [2.45, 2.75) is 25.3 Å². The Balaban J connectivity index is 1.47. The van der Waals surface area contributed by atoms with Crippen LogP contribution in [0.1, 0.15) is 19.3 Å². The molecule has 0 spiro atoms. The van der Waals surface area contributed by atoms with Gasteiger partial charge in [0.15, 0.2) is 0 Å². The summed E-state index contributed by atoms with van der Waals surface area (Å²) in [6.07, 6.45) is 7.05. The predicted octanol–water partition coefficient (Wildman–Crippen LogP) is 2.60. The van der Waals surface area contributed by atoms with Crippen molar-refractivity contribution in [3.8, 4) is 16.9 Å². The first-order chi connectivity index (χ1) is 12.2. The molecular formula is C19H24N4O2. The standard InChI is InChI=1S/C19H24N4O2/c1-25-18-5-3-2-4-17(18)15-11-20-23(12-15)19(24)21-16-10-14-6-8-22(13-16)9-7-14/h2-5,11-12,14,16H,6-10,13H2,1H3,(H,21,24). The number of rotatable bonds is 3. The highest BCUT2D eigenvalue weighted by Gasteiger charge is 2.30. The second-order valence-corrected chi connectivity index (χ2v) is 7.00. The van der Waals surface area contributed by atoms with Crippen LogP contribution in [0.25, 0.3) is 11.1 Å². The maximum Gasteiger partial charge on any atom is 0.342 e. The first-order valence-electron chi connectivity index (χ1n) is 8.94. The summed E-state index contributed by atoms with van der Waals surface area (Å²) in [5.41, 5.74) is 1.81. The van der Waals surface area contributed by atoms with Gasteiger partial charge in [-0.25, -0.2) is 4.79 Å². The number of methoxy groups -OCH3 is 1. The summed E-state index contributed by atoms with van der Waals surface area (Å²) in [5.74, 6) is 1.52. The van der Waals surface area contributed by atoms with Gasteiger partial charge < -0.3 is 15.0 Å². The largest absolute Gasteiger partial charge is 0.496 e. The van der Waals surface area contributed by atoms with Crippen molar-refractivity contribution < 1.29 is 9.53 Å². The Morgan fingerprint density at radius 3 is 2.88 bits per heavy atom. The van der Waals surface area contributed by atoms with Crippen LogP contribution in [-0.4, -0.2) is 53.5 Å². The predicted molar refractivity (Wildman–Crippen MR) is 95.7 cm³/mol. The van der Waals surface area contributed by atoms with Gasteiger partial charge in [-0.1, -0.05) is 18.2 Å². The third-order valence-corrected chi connectivity index (χ3v) is 5.34. The molecule has 1 unspecified atom stereocenters. The third-order valence-electron chi connectivity index (χ3n) is 5.34. The summed E-state index contributed by atoms with van der Waals surface area (Å²) in [6, 6.07) is 7.80. The van der Waals surface area contributed by atoms with Crippen molar-refractivity contribution in [1.82, 2.24) is 20.0 Å². The maximum absolute atomic E-state index is 12.6. The van der Waals surface area contributed by atoms with Gasteiger partial charge in [0.05, 0.1) is 13.3 Å². The van der Waals surface area contributed by atoms with Crippen LogP contribution in [0, 0.1) is 5.92 Å². The van der Waals surface area contributed by atoms with E-state index in [2.05, 4.69) is 15.3 Å². The minimum Gasteiger partial charge on any atom is -0.496 e. The minimum absolute atomic E-state index is 0.159. The molecule has 4 heterocycles. The van der Waals surface area contributed by atoms with Gasteiger partial charge in [-0.3, -0.25) is 0 Å². The molecule has 1 aromatic heterocycles. The van der Waals surface area contributed by atoms with E-state index < -0.39 is 0 Å². The summed E-state index contributed by atoms with van der Waals surface area (Å²) in [5, 5.41) is 7.40. The molecule has 3 aliphatic heterocycles. The van der Waals surface area contributed by atoms with Crippen LogP contribution in [0.15, 0.2) is 36.7 Å². The average molecular weight is 340 g/mol. The lowest BCUT2D eigenvalue weighted by Gasteiger charge is -2.26. The Bertz CT molecular complexity index is 735. The number of hydrogen-bond acceptors (Lipinski definition) is 4. The quantitative estimate of drug-likeness (QED) is 0.933. The molecule has 0 saturated carbocycles. The summed E-state index contributed by atoms with van der Waals surface area (Å²) in [4.78, 5) is 15.1. The Labute approximate surface area is 147 Å². The van der Waals surface area contributed by atoms with Gasteiger partial charge in [-0.05, 0) is 44.3 Å². The second-order valence-electron chi connectivity index (χ2n) is 7.00. The molecule has 3 aliphatic rings. The van der Waals surface area contributed by atoms with Gasteiger partial charge in [0.1, 0.15) is 5.75 Å². The highest BCUT2D eigenvalue weighted by molar-refractivity contribution is 5.78. The molecule has 3 saturated heterocycles. The number of nitrogens with one attached hydrogen (secondary N) is 1. The molecule has 6 nitrogen and oxygen atoms in total. The average Bonchev–Trinajstić information content (AvgIpc) is 2.96. The van der Waals surface area contributed by atoms with Crippen LogP contribution >= 0.6 is 0 Å². The van der Waals surface area contributed by atoms with Crippen molar-refractivity contribution in [3.63, 3.8) is 0 Å². The lowest BCUT2D eigenvalue weighted by Crippen LogP contribution is -2.43. The van der Waals surface area contributed by atoms with Crippen molar-refractivity contribution in [3.05, 3.63) is 36.7 Å². The molecular weight excluding hydrogens is 316 g/mol. The number of piperidine rings is 1. The first-order valence-corrected chi connectivity index (χ1v) is 8.94. The molecule has 2 bridgehead atoms. The molecule has 2 aromatic rings. The van der Waals surface area contributed by atoms with Crippen molar-refractivity contribution in [1.29, 1.82) is 0 Å². The smallest absolute Gasteiger partial charge is 0.342 e. The van der Waals surface area contributed by atoms with Crippen molar-refractivity contribution >= 4 is 6.03 Å². The van der Waals surface area contributed by atoms with E-state index in [0.717, 1.165) is 48.8 Å². The van der Waals surface area contributed by atoms with Crippen LogP contribution in [0.2, 0.25) is 0 Å². The van der Waals surface area contributed by atoms with E-state index in [4.69, 9.17) is 4.74 Å². The van der Waals surface area contributed by atoms with Crippen LogP contribution < -0.4 is 10.1 Å². The van der Waals surface area contributed by atoms with E-state index in [0.29, 0.717) is 0 Å². The van der Waals surface area contributed by atoms with Crippen molar-refractivity contribution in [2.75, 3.05) is 26.7 Å². The van der Waals surface area contributed by atoms with Crippen LogP contribution in [0.4, 0.5) is 4.79 Å². The number of ether oxygens (including phenoxy) is 1. The SMILES string of the molecule is COc1ccccc1-c1cnn(C(=O)NC2CC3CCN(CC3)C2)c1. The van der Waals surface area contributed by atoms with Gasteiger partial charge >= 0.3 is 6.03 Å². The zero-order chi connectivity index (χ0) is 17.2. The summed E-state index contributed by atoms with van der Waals surface area (Å²) in [6.45, 7) is 3.27. The molecule has 0 aliphatic carbocycles. The summed E-state index contributed by atoms with van der Waals surface area (Å²) >= 11 is 0. The van der Waals surface area contributed by atoms with E-state index in [1.807, 2.05) is 24.3 Å². The van der Waals surface area contributed by atoms with E-state index >= 15 is 0 Å². The number of hydrogen-bond donors (Lipinski definition) is 1. The Morgan fingerprint density at radius 2 is 2.08 bits per heavy atom. The summed E-state index contributed by atoms with van der Waals surface area (Å²) in [7, 11) is 1.64. The zero-order valence-corrected chi connectivity index (χ0v) is 14.5. The Hall–Kier alpha value is -2.34. The molecule has 1 amide bonds. The normalized spacial score (nSPS) is 25.4. The number of carbonyl (C=O) groups is 1. The molecule has 0 radical (unpaired) electrons.